The first-order valence-electron chi connectivity index (χ1n) is 11.3. The third kappa shape index (κ3) is 3.67. The van der Waals surface area contributed by atoms with Gasteiger partial charge < -0.3 is 15.4 Å². The Morgan fingerprint density at radius 1 is 1.18 bits per heavy atom. The largest absolute Gasteiger partial charge is 0.376 e. The smallest absolute Gasteiger partial charge is 0.211 e. The Balaban J connectivity index is 0.00000137. The molecule has 0 bridgehead atoms. The van der Waals surface area contributed by atoms with Gasteiger partial charge in [-0.3, -0.25) is 9.08 Å². The van der Waals surface area contributed by atoms with Crippen molar-refractivity contribution in [3.05, 3.63) is 42.5 Å². The average molecular weight is 500 g/mol. The molecule has 2 atom stereocenters. The number of fused-ring (bicyclic) bond motifs is 2. The van der Waals surface area contributed by atoms with Gasteiger partial charge in [-0.1, -0.05) is 6.07 Å². The van der Waals surface area contributed by atoms with Crippen molar-refractivity contribution in [3.63, 3.8) is 0 Å². The minimum atomic E-state index is 0. The fraction of sp³-hybridized carbons (Fsp3) is 0.458. The Kier molecular flexibility index (Phi) is 6.63. The first kappa shape index (κ1) is 24.8. The summed E-state index contributed by atoms with van der Waals surface area (Å²) in [4.78, 5) is 12.2. The summed E-state index contributed by atoms with van der Waals surface area (Å²) in [5, 5.41) is 5.49. The van der Waals surface area contributed by atoms with Crippen molar-refractivity contribution >= 4 is 49.5 Å². The lowest BCUT2D eigenvalue weighted by Gasteiger charge is -2.41. The van der Waals surface area contributed by atoms with E-state index in [-0.39, 0.29) is 44.6 Å². The highest BCUT2D eigenvalue weighted by Crippen LogP contribution is 2.42. The molecule has 3 aromatic heterocycles. The van der Waals surface area contributed by atoms with Gasteiger partial charge in [-0.25, -0.2) is 9.97 Å². The van der Waals surface area contributed by atoms with E-state index < -0.39 is 0 Å². The van der Waals surface area contributed by atoms with Crippen LogP contribution in [0.15, 0.2) is 36.8 Å². The topological polar surface area (TPSA) is 86.5 Å². The van der Waals surface area contributed by atoms with Gasteiger partial charge >= 0.3 is 0 Å². The number of aryl methyl sites for hydroxylation is 2. The van der Waals surface area contributed by atoms with E-state index in [2.05, 4.69) is 46.4 Å². The number of aromatic nitrogens is 5. The highest BCUT2D eigenvalue weighted by atomic mass is 32.1. The molecule has 182 valence electrons. The molecule has 0 radical (unpaired) electrons. The zero-order valence-corrected chi connectivity index (χ0v) is 21.8. The van der Waals surface area contributed by atoms with Crippen LogP contribution in [0.4, 0.5) is 5.95 Å². The Labute approximate surface area is 213 Å². The fourth-order valence-electron chi connectivity index (χ4n) is 5.58. The maximum absolute atomic E-state index is 6.52. The van der Waals surface area contributed by atoms with Crippen LogP contribution in [0.5, 0.6) is 0 Å². The van der Waals surface area contributed by atoms with E-state index >= 15 is 0 Å². The minimum Gasteiger partial charge on any atom is -0.376 e. The highest BCUT2D eigenvalue weighted by Gasteiger charge is 2.47. The summed E-state index contributed by atoms with van der Waals surface area (Å²) in [5.41, 5.74) is 11.8. The van der Waals surface area contributed by atoms with E-state index in [1.807, 2.05) is 30.3 Å². The summed E-state index contributed by atoms with van der Waals surface area (Å²) in [6.45, 7) is 6.78. The van der Waals surface area contributed by atoms with Crippen molar-refractivity contribution in [2.24, 2.45) is 18.2 Å². The number of hydrogen-bond acceptors (Lipinski definition) is 6. The SMILES string of the molecule is Cc1nc(N2CCC3(CC2)CO[C@@H](C)[C@H]3N)n2ccnc2c1-c1ccc2c(cnn2C)c1.S.S. The zero-order valence-electron chi connectivity index (χ0n) is 19.8. The van der Waals surface area contributed by atoms with E-state index in [0.29, 0.717) is 0 Å². The second-order valence-corrected chi connectivity index (χ2v) is 9.43. The summed E-state index contributed by atoms with van der Waals surface area (Å²) in [5.74, 6) is 0.955. The maximum atomic E-state index is 6.52. The number of imidazole rings is 1. The van der Waals surface area contributed by atoms with Crippen molar-refractivity contribution in [2.75, 3.05) is 24.6 Å². The van der Waals surface area contributed by atoms with Crippen LogP contribution in [-0.4, -0.2) is 56.0 Å². The first-order chi connectivity index (χ1) is 15.5. The molecule has 1 aromatic carbocycles. The molecule has 34 heavy (non-hydrogen) atoms. The molecule has 2 aliphatic heterocycles. The Bertz CT molecular complexity index is 1330. The Hall–Kier alpha value is -2.27. The first-order valence-corrected chi connectivity index (χ1v) is 11.3. The standard InChI is InChI=1S/C24H29N7O.2H2S/c1-15-20(17-4-5-19-18(12-17)13-27-29(19)3)22-26-8-11-31(22)23(28-15)30-9-6-24(7-10-30)14-32-16(2)21(24)25;;/h4-5,8,11-13,16,21H,6-7,9-10,14,25H2,1-3H3;2*1H2/t16-,21+;;/m0../s1. The number of anilines is 1. The van der Waals surface area contributed by atoms with E-state index in [1.54, 1.807) is 0 Å². The number of piperidine rings is 1. The lowest BCUT2D eigenvalue weighted by molar-refractivity contribution is 0.0973. The summed E-state index contributed by atoms with van der Waals surface area (Å²) in [6.07, 6.45) is 7.96. The van der Waals surface area contributed by atoms with Gasteiger partial charge in [-0.2, -0.15) is 32.1 Å². The molecule has 0 saturated carbocycles. The van der Waals surface area contributed by atoms with Gasteiger partial charge in [0.1, 0.15) is 5.65 Å². The third-order valence-electron chi connectivity index (χ3n) is 7.63. The summed E-state index contributed by atoms with van der Waals surface area (Å²) >= 11 is 0. The Morgan fingerprint density at radius 2 is 1.94 bits per heavy atom. The lowest BCUT2D eigenvalue weighted by Crippen LogP contribution is -2.51. The van der Waals surface area contributed by atoms with Crippen molar-refractivity contribution in [1.29, 1.82) is 0 Å². The van der Waals surface area contributed by atoms with Crippen molar-refractivity contribution < 1.29 is 4.74 Å². The van der Waals surface area contributed by atoms with Crippen LogP contribution in [0.2, 0.25) is 0 Å². The average Bonchev–Trinajstić information content (AvgIpc) is 3.49. The van der Waals surface area contributed by atoms with Gasteiger partial charge in [-0.05, 0) is 44.4 Å². The number of nitrogens with zero attached hydrogens (tertiary/aromatic N) is 6. The van der Waals surface area contributed by atoms with Crippen LogP contribution in [0.25, 0.3) is 27.7 Å². The molecule has 8 nitrogen and oxygen atoms in total. The summed E-state index contributed by atoms with van der Waals surface area (Å²) < 4.78 is 9.91. The van der Waals surface area contributed by atoms with Gasteiger partial charge in [-0.15, -0.1) is 0 Å². The molecule has 2 saturated heterocycles. The molecule has 6 rings (SSSR count). The van der Waals surface area contributed by atoms with Gasteiger partial charge in [0.05, 0.1) is 30.1 Å². The predicted molar refractivity (Wildman–Crippen MR) is 145 cm³/mol. The molecule has 2 fully saturated rings. The van der Waals surface area contributed by atoms with Crippen molar-refractivity contribution in [1.82, 2.24) is 24.1 Å². The van der Waals surface area contributed by atoms with Gasteiger partial charge in [0, 0.05) is 54.9 Å². The molecular formula is C24H33N7OS2. The molecular weight excluding hydrogens is 466 g/mol. The highest BCUT2D eigenvalue weighted by molar-refractivity contribution is 7.59. The van der Waals surface area contributed by atoms with Gasteiger partial charge in [0.2, 0.25) is 5.95 Å². The second kappa shape index (κ2) is 9.07. The minimum absolute atomic E-state index is 0. The summed E-state index contributed by atoms with van der Waals surface area (Å²) in [6, 6.07) is 6.53. The molecule has 4 aromatic rings. The van der Waals surface area contributed by atoms with Crippen LogP contribution in [0.3, 0.4) is 0 Å². The van der Waals surface area contributed by atoms with Crippen LogP contribution in [0.1, 0.15) is 25.5 Å². The lowest BCUT2D eigenvalue weighted by atomic mass is 9.73. The van der Waals surface area contributed by atoms with E-state index in [9.17, 15) is 0 Å². The predicted octanol–water partition coefficient (Wildman–Crippen LogP) is 3.15. The number of hydrogen-bond donors (Lipinski definition) is 1. The van der Waals surface area contributed by atoms with Crippen LogP contribution in [-0.2, 0) is 11.8 Å². The van der Waals surface area contributed by atoms with Gasteiger partial charge in [0.25, 0.3) is 0 Å². The second-order valence-electron chi connectivity index (χ2n) is 9.43. The number of benzene rings is 1. The van der Waals surface area contributed by atoms with E-state index in [4.69, 9.17) is 20.4 Å². The number of rotatable bonds is 2. The molecule has 0 aliphatic carbocycles. The normalized spacial score (nSPS) is 21.7. The van der Waals surface area contributed by atoms with Crippen LogP contribution < -0.4 is 10.6 Å². The number of nitrogens with two attached hydrogens (primary N) is 1. The van der Waals surface area contributed by atoms with E-state index in [1.165, 1.54) is 0 Å². The molecule has 2 N–H and O–H groups in total. The summed E-state index contributed by atoms with van der Waals surface area (Å²) in [7, 11) is 1.96. The zero-order chi connectivity index (χ0) is 22.0. The molecule has 0 amide bonds. The third-order valence-corrected chi connectivity index (χ3v) is 7.63. The Morgan fingerprint density at radius 3 is 2.65 bits per heavy atom. The quantitative estimate of drug-likeness (QED) is 0.456. The van der Waals surface area contributed by atoms with Gasteiger partial charge in [0.15, 0.2) is 0 Å². The molecule has 5 heterocycles. The molecule has 0 unspecified atom stereocenters. The number of ether oxygens (including phenoxy) is 1. The molecule has 10 heteroatoms. The monoisotopic (exact) mass is 499 g/mol. The van der Waals surface area contributed by atoms with Crippen molar-refractivity contribution in [3.8, 4) is 11.1 Å². The van der Waals surface area contributed by atoms with Crippen molar-refractivity contribution in [2.45, 2.75) is 38.8 Å². The molecule has 2 aliphatic rings. The van der Waals surface area contributed by atoms with E-state index in [0.717, 1.165) is 71.9 Å². The van der Waals surface area contributed by atoms with Crippen LogP contribution >= 0.6 is 27.0 Å². The maximum Gasteiger partial charge on any atom is 0.211 e. The molecule has 1 spiro atoms. The van der Waals surface area contributed by atoms with Crippen LogP contribution in [0, 0.1) is 12.3 Å². The fourth-order valence-corrected chi connectivity index (χ4v) is 5.58.